The molecule has 0 spiro atoms. The second-order valence-electron chi connectivity index (χ2n) is 8.06. The largest absolute Gasteiger partial charge is 0.475 e. The molecule has 15 heteroatoms. The van der Waals surface area contributed by atoms with Crippen LogP contribution in [0, 0.1) is 0 Å². The molecule has 1 aromatic carbocycles. The summed E-state index contributed by atoms with van der Waals surface area (Å²) in [4.78, 5) is 15.6. The molecule has 3 fully saturated rings. The zero-order valence-electron chi connectivity index (χ0n) is 18.1. The highest BCUT2D eigenvalue weighted by molar-refractivity contribution is 8.76. The van der Waals surface area contributed by atoms with Gasteiger partial charge in [0.15, 0.2) is 6.10 Å². The molecule has 0 aliphatic carbocycles. The van der Waals surface area contributed by atoms with Gasteiger partial charge in [-0.25, -0.2) is 9.36 Å². The first-order valence-electron chi connectivity index (χ1n) is 10.6. The summed E-state index contributed by atoms with van der Waals surface area (Å²) in [5.41, 5.74) is 5.38. The van der Waals surface area contributed by atoms with Crippen LogP contribution >= 0.6 is 29.4 Å². The van der Waals surface area contributed by atoms with E-state index in [1.54, 1.807) is 10.8 Å². The van der Waals surface area contributed by atoms with E-state index in [-0.39, 0.29) is 5.82 Å². The van der Waals surface area contributed by atoms with E-state index in [2.05, 4.69) is 4.98 Å². The number of halogens is 2. The van der Waals surface area contributed by atoms with Gasteiger partial charge in [0, 0.05) is 17.7 Å². The summed E-state index contributed by atoms with van der Waals surface area (Å²) in [6.45, 7) is -0.152. The van der Waals surface area contributed by atoms with Crippen LogP contribution in [0.25, 0.3) is 0 Å². The van der Waals surface area contributed by atoms with E-state index in [4.69, 9.17) is 28.8 Å². The molecule has 0 saturated carbocycles. The third kappa shape index (κ3) is 5.30. The van der Waals surface area contributed by atoms with Gasteiger partial charge in [0.05, 0.1) is 19.3 Å². The van der Waals surface area contributed by atoms with Gasteiger partial charge in [0.2, 0.25) is 6.23 Å². The second-order valence-corrected chi connectivity index (χ2v) is 12.2. The van der Waals surface area contributed by atoms with E-state index in [1.807, 2.05) is 30.3 Å². The molecular weight excluding hydrogens is 527 g/mol. The Bertz CT molecular complexity index is 1160. The first-order chi connectivity index (χ1) is 16.7. The number of hydrogen-bond donors (Lipinski definition) is 1. The zero-order valence-corrected chi connectivity index (χ0v) is 20.6. The lowest BCUT2D eigenvalue weighted by molar-refractivity contribution is -0.140. The highest BCUT2D eigenvalue weighted by atomic mass is 33.1. The van der Waals surface area contributed by atoms with Gasteiger partial charge in [-0.1, -0.05) is 51.9 Å². The Kier molecular flexibility index (Phi) is 7.26. The number of nitrogens with zero attached hydrogens (tertiary/aromatic N) is 2. The average Bonchev–Trinajstić information content (AvgIpc) is 3.08. The molecular formula is C20H22F2N3O7PS2. The van der Waals surface area contributed by atoms with Gasteiger partial charge < -0.3 is 15.2 Å². The molecule has 0 amide bonds. The Morgan fingerprint density at radius 1 is 1.20 bits per heavy atom. The predicted molar refractivity (Wildman–Crippen MR) is 125 cm³/mol. The monoisotopic (exact) mass is 549 g/mol. The number of phosphoric acid groups is 1. The van der Waals surface area contributed by atoms with Gasteiger partial charge in [-0.05, 0) is 11.6 Å². The van der Waals surface area contributed by atoms with Crippen molar-refractivity contribution in [1.29, 1.82) is 0 Å². The first-order valence-corrected chi connectivity index (χ1v) is 14.6. The number of rotatable bonds is 6. The predicted octanol–water partition coefficient (Wildman–Crippen LogP) is 3.25. The number of benzene rings is 1. The lowest BCUT2D eigenvalue weighted by Crippen LogP contribution is -2.46. The first kappa shape index (κ1) is 25.2. The van der Waals surface area contributed by atoms with Gasteiger partial charge >= 0.3 is 19.4 Å². The molecule has 1 unspecified atom stereocenters. The van der Waals surface area contributed by atoms with Crippen LogP contribution in [-0.4, -0.2) is 58.0 Å². The van der Waals surface area contributed by atoms with Crippen LogP contribution in [0.15, 0.2) is 47.4 Å². The second kappa shape index (κ2) is 10.1. The third-order valence-corrected chi connectivity index (χ3v) is 9.52. The Hall–Kier alpha value is -1.51. The lowest BCUT2D eigenvalue weighted by atomic mass is 10.1. The van der Waals surface area contributed by atoms with Crippen LogP contribution in [-0.2, 0) is 34.2 Å². The maximum Gasteiger partial charge on any atom is 0.475 e. The molecule has 1 aromatic heterocycles. The standard InChI is InChI=1S/C20H22F2N3O7PS2/c21-20(22)17-13(30-18(20)25-7-6-16(23)24-19(25)26)9-29-33(27,32-17)31-15-11-35-34-10-14(15)28-8-12-4-2-1-3-5-12/h1-7,13-15,17-18H,8-11H2,(H2,23,24,26)/t13-,14+,15+,17-,18-,33?/m1/s1. The van der Waals surface area contributed by atoms with Crippen LogP contribution in [0.4, 0.5) is 14.6 Å². The zero-order chi connectivity index (χ0) is 24.6. The SMILES string of the molecule is Nc1ccn([C@@H]2O[C@@H]3COP(=O)(O[C@H]4CSSC[C@@H]4OCc4ccccc4)O[C@H]3C2(F)F)c(=O)n1. The number of aromatic nitrogens is 2. The molecule has 3 saturated heterocycles. The number of phosphoric ester groups is 1. The fourth-order valence-corrected chi connectivity index (χ4v) is 8.00. The summed E-state index contributed by atoms with van der Waals surface area (Å²) >= 11 is 0. The Labute approximate surface area is 206 Å². The summed E-state index contributed by atoms with van der Waals surface area (Å²) in [6.07, 6.45) is -5.36. The molecule has 35 heavy (non-hydrogen) atoms. The van der Waals surface area contributed by atoms with Gasteiger partial charge in [0.1, 0.15) is 18.0 Å². The smallest absolute Gasteiger partial charge is 0.383 e. The molecule has 2 N–H and O–H groups in total. The molecule has 0 bridgehead atoms. The van der Waals surface area contributed by atoms with Crippen molar-refractivity contribution in [2.45, 2.75) is 43.2 Å². The minimum Gasteiger partial charge on any atom is -0.383 e. The summed E-state index contributed by atoms with van der Waals surface area (Å²) in [7, 11) is -1.33. The molecule has 6 atom stereocenters. The van der Waals surface area contributed by atoms with E-state index < -0.39 is 56.7 Å². The summed E-state index contributed by atoms with van der Waals surface area (Å²) in [5, 5.41) is 0. The number of nitrogen functional groups attached to an aromatic ring is 1. The molecule has 3 aliphatic heterocycles. The van der Waals surface area contributed by atoms with E-state index in [0.717, 1.165) is 11.8 Å². The number of hydrogen-bond acceptors (Lipinski definition) is 11. The van der Waals surface area contributed by atoms with Crippen LogP contribution < -0.4 is 11.4 Å². The van der Waals surface area contributed by atoms with Crippen molar-refractivity contribution in [3.8, 4) is 0 Å². The summed E-state index contributed by atoms with van der Waals surface area (Å²) < 4.78 is 72.0. The number of anilines is 1. The maximum absolute atomic E-state index is 15.3. The summed E-state index contributed by atoms with van der Waals surface area (Å²) in [6, 6.07) is 10.7. The van der Waals surface area contributed by atoms with E-state index in [0.29, 0.717) is 22.7 Å². The molecule has 4 heterocycles. The quantitative estimate of drug-likeness (QED) is 0.422. The lowest BCUT2D eigenvalue weighted by Gasteiger charge is -2.36. The van der Waals surface area contributed by atoms with Crippen molar-refractivity contribution >= 4 is 35.2 Å². The maximum atomic E-state index is 15.3. The van der Waals surface area contributed by atoms with E-state index in [9.17, 15) is 9.36 Å². The van der Waals surface area contributed by atoms with Crippen LogP contribution in [0.5, 0.6) is 0 Å². The molecule has 10 nitrogen and oxygen atoms in total. The van der Waals surface area contributed by atoms with Crippen molar-refractivity contribution in [1.82, 2.24) is 9.55 Å². The number of alkyl halides is 2. The molecule has 5 rings (SSSR count). The molecule has 0 radical (unpaired) electrons. The van der Waals surface area contributed by atoms with Crippen molar-refractivity contribution in [3.63, 3.8) is 0 Å². The highest BCUT2D eigenvalue weighted by Crippen LogP contribution is 2.61. The highest BCUT2D eigenvalue weighted by Gasteiger charge is 2.65. The minimum atomic E-state index is -4.39. The van der Waals surface area contributed by atoms with Gasteiger partial charge in [0.25, 0.3) is 0 Å². The molecule has 3 aliphatic rings. The number of ether oxygens (including phenoxy) is 2. The van der Waals surface area contributed by atoms with Crippen LogP contribution in [0.2, 0.25) is 0 Å². The Balaban J connectivity index is 1.28. The topological polar surface area (TPSA) is 124 Å². The normalized spacial score (nSPS) is 34.4. The Morgan fingerprint density at radius 2 is 1.94 bits per heavy atom. The van der Waals surface area contributed by atoms with Gasteiger partial charge in [-0.15, -0.1) is 0 Å². The molecule has 2 aromatic rings. The van der Waals surface area contributed by atoms with Crippen molar-refractivity contribution in [2.24, 2.45) is 0 Å². The number of nitrogens with two attached hydrogens (primary N) is 1. The molecule has 190 valence electrons. The van der Waals surface area contributed by atoms with E-state index >= 15 is 8.78 Å². The van der Waals surface area contributed by atoms with Crippen LogP contribution in [0.3, 0.4) is 0 Å². The summed E-state index contributed by atoms with van der Waals surface area (Å²) in [5.74, 6) is -2.90. The van der Waals surface area contributed by atoms with Crippen molar-refractivity contribution in [3.05, 3.63) is 58.6 Å². The average molecular weight is 550 g/mol. The Morgan fingerprint density at radius 3 is 2.69 bits per heavy atom. The fraction of sp³-hybridized carbons (Fsp3) is 0.500. The third-order valence-electron chi connectivity index (χ3n) is 5.63. The van der Waals surface area contributed by atoms with Gasteiger partial charge in [-0.2, -0.15) is 13.8 Å². The minimum absolute atomic E-state index is 0.116. The van der Waals surface area contributed by atoms with Crippen molar-refractivity contribution in [2.75, 3.05) is 23.8 Å². The van der Waals surface area contributed by atoms with E-state index in [1.165, 1.54) is 16.9 Å². The van der Waals surface area contributed by atoms with Gasteiger partial charge in [-0.3, -0.25) is 18.1 Å². The van der Waals surface area contributed by atoms with Crippen LogP contribution in [0.1, 0.15) is 11.8 Å². The number of fused-ring (bicyclic) bond motifs is 1. The van der Waals surface area contributed by atoms with Crippen molar-refractivity contribution < 1.29 is 36.4 Å². The fourth-order valence-electron chi connectivity index (χ4n) is 3.87.